The number of hydrogen-bond donors (Lipinski definition) is 1. The van der Waals surface area contributed by atoms with Crippen LogP contribution in [0.1, 0.15) is 40.1 Å². The topological polar surface area (TPSA) is 75.7 Å². The molecule has 3 aromatic carbocycles. The van der Waals surface area contributed by atoms with Crippen molar-refractivity contribution < 1.29 is 23.5 Å². The van der Waals surface area contributed by atoms with E-state index < -0.39 is 42.3 Å². The van der Waals surface area contributed by atoms with Crippen LogP contribution < -0.4 is 5.32 Å². The fraction of sp³-hybridized carbons (Fsp3) is 0.207. The Labute approximate surface area is 209 Å². The van der Waals surface area contributed by atoms with Gasteiger partial charge in [-0.3, -0.25) is 14.5 Å². The number of nitrogens with one attached hydrogen (secondary N) is 1. The van der Waals surface area contributed by atoms with Crippen LogP contribution in [0, 0.1) is 6.92 Å². The van der Waals surface area contributed by atoms with Crippen molar-refractivity contribution in [2.24, 2.45) is 0 Å². The zero-order valence-corrected chi connectivity index (χ0v) is 20.1. The van der Waals surface area contributed by atoms with E-state index in [0.717, 1.165) is 21.6 Å². The molecule has 6 nitrogen and oxygen atoms in total. The number of esters is 1. The minimum absolute atomic E-state index is 0.249. The lowest BCUT2D eigenvalue weighted by Gasteiger charge is -2.45. The summed E-state index contributed by atoms with van der Waals surface area (Å²) in [6.45, 7) is 7.20. The van der Waals surface area contributed by atoms with Gasteiger partial charge in [0.1, 0.15) is 0 Å². The molecular formula is C29H27FN2O4. The summed E-state index contributed by atoms with van der Waals surface area (Å²) in [7, 11) is 0. The van der Waals surface area contributed by atoms with Crippen LogP contribution in [-0.4, -0.2) is 41.1 Å². The number of nitrogens with zero attached hydrogens (tertiary/aromatic N) is 1. The van der Waals surface area contributed by atoms with Gasteiger partial charge >= 0.3 is 5.97 Å². The largest absolute Gasteiger partial charge is 0.451 e. The molecule has 1 aliphatic rings. The molecule has 184 valence electrons. The predicted molar refractivity (Wildman–Crippen MR) is 134 cm³/mol. The normalized spacial score (nSPS) is 17.8. The lowest BCUT2D eigenvalue weighted by Crippen LogP contribution is -2.72. The molecule has 0 bridgehead atoms. The van der Waals surface area contributed by atoms with Gasteiger partial charge in [-0.15, -0.1) is 0 Å². The van der Waals surface area contributed by atoms with Crippen LogP contribution >= 0.6 is 0 Å². The Kier molecular flexibility index (Phi) is 7.29. The first kappa shape index (κ1) is 24.9. The zero-order chi connectivity index (χ0) is 25.8. The Hall–Kier alpha value is -4.26. The van der Waals surface area contributed by atoms with E-state index >= 15 is 4.39 Å². The number of rotatable bonds is 8. The molecule has 3 aromatic rings. The number of hydrogen-bond acceptors (Lipinski definition) is 4. The lowest BCUT2D eigenvalue weighted by atomic mass is 9.97. The van der Waals surface area contributed by atoms with Crippen molar-refractivity contribution in [1.82, 2.24) is 10.2 Å². The van der Waals surface area contributed by atoms with Gasteiger partial charge in [0.2, 0.25) is 6.30 Å². The van der Waals surface area contributed by atoms with Gasteiger partial charge in [-0.05, 0) is 42.7 Å². The number of benzene rings is 3. The van der Waals surface area contributed by atoms with E-state index in [9.17, 15) is 14.4 Å². The van der Waals surface area contributed by atoms with Crippen molar-refractivity contribution in [2.75, 3.05) is 0 Å². The first-order valence-electron chi connectivity index (χ1n) is 11.6. The maximum atomic E-state index is 15.2. The van der Waals surface area contributed by atoms with Gasteiger partial charge in [0.15, 0.2) is 18.2 Å². The van der Waals surface area contributed by atoms with E-state index in [4.69, 9.17) is 4.74 Å². The number of carbonyl (C=O) groups excluding carboxylic acids is 3. The molecule has 7 heteroatoms. The number of carbonyl (C=O) groups is 3. The van der Waals surface area contributed by atoms with Crippen molar-refractivity contribution in [3.05, 3.63) is 119 Å². The Balaban J connectivity index is 1.51. The quantitative estimate of drug-likeness (QED) is 0.220. The maximum absolute atomic E-state index is 15.2. The summed E-state index contributed by atoms with van der Waals surface area (Å²) in [6.07, 6.45) is -2.67. The van der Waals surface area contributed by atoms with E-state index in [2.05, 4.69) is 11.9 Å². The van der Waals surface area contributed by atoms with Crippen LogP contribution in [0.25, 0.3) is 0 Å². The third-order valence-electron chi connectivity index (χ3n) is 6.07. The van der Waals surface area contributed by atoms with E-state index in [1.165, 1.54) is 6.92 Å². The summed E-state index contributed by atoms with van der Waals surface area (Å²) in [5.41, 5.74) is 2.98. The molecule has 1 heterocycles. The summed E-state index contributed by atoms with van der Waals surface area (Å²) < 4.78 is 21.1. The molecule has 2 amide bonds. The summed E-state index contributed by atoms with van der Waals surface area (Å²) in [5.74, 6) is -2.10. The van der Waals surface area contributed by atoms with E-state index in [1.807, 2.05) is 67.6 Å². The average molecular weight is 487 g/mol. The standard InChI is InChI=1S/C29H27FN2O4/c1-18(2)24(29(35)36-25(20-10-6-4-7-11-20)21-12-8-5-9-13-21)32-26(30)23(28(32)34)31-27(33)22-16-14-19(3)15-17-22/h4-17,23-26H,1H2,2-3H3,(H,31,33). The summed E-state index contributed by atoms with van der Waals surface area (Å²) in [5, 5.41) is 2.42. The van der Waals surface area contributed by atoms with Crippen molar-refractivity contribution in [3.63, 3.8) is 0 Å². The Bertz CT molecular complexity index is 1220. The fourth-order valence-electron chi connectivity index (χ4n) is 4.12. The Morgan fingerprint density at radius 3 is 1.94 bits per heavy atom. The maximum Gasteiger partial charge on any atom is 0.334 e. The average Bonchev–Trinajstić information content (AvgIpc) is 2.89. The second-order valence-corrected chi connectivity index (χ2v) is 8.82. The summed E-state index contributed by atoms with van der Waals surface area (Å²) in [4.78, 5) is 39.5. The summed E-state index contributed by atoms with van der Waals surface area (Å²) >= 11 is 0. The second kappa shape index (κ2) is 10.6. The highest BCUT2D eigenvalue weighted by molar-refractivity contribution is 6.01. The van der Waals surface area contributed by atoms with Crippen LogP contribution in [0.4, 0.5) is 4.39 Å². The van der Waals surface area contributed by atoms with Gasteiger partial charge in [0.25, 0.3) is 11.8 Å². The van der Waals surface area contributed by atoms with E-state index in [-0.39, 0.29) is 5.57 Å². The van der Waals surface area contributed by atoms with E-state index in [0.29, 0.717) is 5.56 Å². The Morgan fingerprint density at radius 1 is 0.944 bits per heavy atom. The molecule has 36 heavy (non-hydrogen) atoms. The number of alkyl halides is 1. The molecule has 1 N–H and O–H groups in total. The third-order valence-corrected chi connectivity index (χ3v) is 6.07. The zero-order valence-electron chi connectivity index (χ0n) is 20.1. The van der Waals surface area contributed by atoms with Crippen LogP contribution in [0.3, 0.4) is 0 Å². The molecule has 1 saturated heterocycles. The number of ether oxygens (including phenoxy) is 1. The van der Waals surface area contributed by atoms with Crippen LogP contribution in [0.5, 0.6) is 0 Å². The lowest BCUT2D eigenvalue weighted by molar-refractivity contribution is -0.176. The van der Waals surface area contributed by atoms with Crippen molar-refractivity contribution in [2.45, 2.75) is 38.3 Å². The number of likely N-dealkylation sites (tertiary alicyclic amines) is 1. The third kappa shape index (κ3) is 5.05. The minimum atomic E-state index is -1.91. The molecule has 0 radical (unpaired) electrons. The highest BCUT2D eigenvalue weighted by Crippen LogP contribution is 2.32. The van der Waals surface area contributed by atoms with Crippen molar-refractivity contribution in [3.8, 4) is 0 Å². The van der Waals surface area contributed by atoms with Crippen LogP contribution in [0.2, 0.25) is 0 Å². The second-order valence-electron chi connectivity index (χ2n) is 8.82. The van der Waals surface area contributed by atoms with Gasteiger partial charge in [0, 0.05) is 5.56 Å². The molecule has 0 aliphatic carbocycles. The first-order chi connectivity index (χ1) is 17.3. The number of halogens is 1. The number of amides is 2. The minimum Gasteiger partial charge on any atom is -0.451 e. The Morgan fingerprint density at radius 2 is 1.47 bits per heavy atom. The molecular weight excluding hydrogens is 459 g/mol. The molecule has 0 spiro atoms. The highest BCUT2D eigenvalue weighted by Gasteiger charge is 2.54. The smallest absolute Gasteiger partial charge is 0.334 e. The van der Waals surface area contributed by atoms with Gasteiger partial charge in [-0.25, -0.2) is 9.18 Å². The van der Waals surface area contributed by atoms with Gasteiger partial charge in [-0.2, -0.15) is 0 Å². The SMILES string of the molecule is C=C(C)C(C(=O)OC(c1ccccc1)c1ccccc1)N1C(=O)C(NC(=O)c2ccc(C)cc2)C1F. The molecule has 3 unspecified atom stereocenters. The van der Waals surface area contributed by atoms with Gasteiger partial charge < -0.3 is 10.1 Å². The van der Waals surface area contributed by atoms with Crippen molar-refractivity contribution >= 4 is 17.8 Å². The van der Waals surface area contributed by atoms with Crippen molar-refractivity contribution in [1.29, 1.82) is 0 Å². The monoisotopic (exact) mass is 486 g/mol. The summed E-state index contributed by atoms with van der Waals surface area (Å²) in [6, 6.07) is 22.3. The number of aryl methyl sites for hydroxylation is 1. The fourth-order valence-corrected chi connectivity index (χ4v) is 4.12. The molecule has 3 atom stereocenters. The first-order valence-corrected chi connectivity index (χ1v) is 11.6. The predicted octanol–water partition coefficient (Wildman–Crippen LogP) is 4.51. The van der Waals surface area contributed by atoms with Gasteiger partial charge in [0.05, 0.1) is 0 Å². The van der Waals surface area contributed by atoms with E-state index in [1.54, 1.807) is 24.3 Å². The molecule has 0 saturated carbocycles. The molecule has 0 aromatic heterocycles. The highest BCUT2D eigenvalue weighted by atomic mass is 19.1. The van der Waals surface area contributed by atoms with Crippen LogP contribution in [0.15, 0.2) is 97.1 Å². The van der Waals surface area contributed by atoms with Gasteiger partial charge in [-0.1, -0.05) is 84.9 Å². The number of β-lactam (4-membered cyclic amide) rings is 1. The molecule has 1 fully saturated rings. The van der Waals surface area contributed by atoms with Crippen LogP contribution in [-0.2, 0) is 14.3 Å². The molecule has 4 rings (SSSR count). The molecule has 1 aliphatic heterocycles.